The quantitative estimate of drug-likeness (QED) is 0.536. The van der Waals surface area contributed by atoms with Gasteiger partial charge in [0.25, 0.3) is 0 Å². The molecule has 0 aromatic heterocycles. The molecule has 1 aliphatic heterocycles. The number of rotatable bonds is 0. The summed E-state index contributed by atoms with van der Waals surface area (Å²) in [5, 5.41) is 2.66. The van der Waals surface area contributed by atoms with Gasteiger partial charge in [0.05, 0.1) is 0 Å². The molecular weight excluding hydrogens is 191 g/mol. The number of nitrogens with zero attached hydrogens (tertiary/aromatic N) is 2. The maximum absolute atomic E-state index is 10.9. The molecule has 11 heavy (non-hydrogen) atoms. The average molecular weight is 194 g/mol. The molecule has 0 fully saturated rings. The van der Waals surface area contributed by atoms with Crippen LogP contribution in [0.5, 0.6) is 0 Å². The highest BCUT2D eigenvalue weighted by Gasteiger charge is 2.32. The van der Waals surface area contributed by atoms with Crippen molar-refractivity contribution >= 4 is 35.0 Å². The number of carbonyl (C=O) groups is 2. The van der Waals surface area contributed by atoms with E-state index in [0.29, 0.717) is 0 Å². The molecule has 0 radical (unpaired) electrons. The number of hydrogen-bond donors (Lipinski definition) is 0. The molecule has 58 valence electrons. The molecule has 6 heteroatoms. The highest BCUT2D eigenvalue weighted by atomic mass is 35.5. The lowest BCUT2D eigenvalue weighted by Gasteiger charge is -1.98. The van der Waals surface area contributed by atoms with Crippen LogP contribution in [0.1, 0.15) is 0 Å². The molecule has 0 saturated carbocycles. The fourth-order valence-corrected chi connectivity index (χ4v) is 0.877. The van der Waals surface area contributed by atoms with Gasteiger partial charge in [-0.25, -0.2) is 4.79 Å². The Morgan fingerprint density at radius 2 is 1.82 bits per heavy atom. The Morgan fingerprint density at radius 3 is 2.36 bits per heavy atom. The molecule has 2 amide bonds. The maximum atomic E-state index is 10.9. The Hall–Kier alpha value is -0.740. The SMILES string of the molecule is C[N+]1=NC(=O)C(Cl)=C(Cl)C1=O. The van der Waals surface area contributed by atoms with Crippen molar-refractivity contribution in [3.05, 3.63) is 10.1 Å². The molecule has 0 unspecified atom stereocenters. The highest BCUT2D eigenvalue weighted by molar-refractivity contribution is 6.53. The first kappa shape index (κ1) is 8.36. The van der Waals surface area contributed by atoms with Gasteiger partial charge < -0.3 is 0 Å². The Bertz CT molecular complexity index is 306. The highest BCUT2D eigenvalue weighted by Crippen LogP contribution is 2.20. The van der Waals surface area contributed by atoms with Gasteiger partial charge >= 0.3 is 11.8 Å². The van der Waals surface area contributed by atoms with E-state index in [-0.39, 0.29) is 10.1 Å². The molecule has 1 heterocycles. The zero-order chi connectivity index (χ0) is 8.59. The van der Waals surface area contributed by atoms with Gasteiger partial charge in [0.1, 0.15) is 5.03 Å². The van der Waals surface area contributed by atoms with Gasteiger partial charge in [-0.05, 0) is 4.70 Å². The summed E-state index contributed by atoms with van der Waals surface area (Å²) in [6.07, 6.45) is 0. The van der Waals surface area contributed by atoms with Crippen molar-refractivity contribution in [3.8, 4) is 0 Å². The number of carbonyl (C=O) groups excluding carboxylic acids is 2. The summed E-state index contributed by atoms with van der Waals surface area (Å²) in [6, 6.07) is 0. The van der Waals surface area contributed by atoms with E-state index in [1.165, 1.54) is 7.05 Å². The zero-order valence-electron chi connectivity index (χ0n) is 5.47. The number of azo groups is 2. The van der Waals surface area contributed by atoms with E-state index in [1.54, 1.807) is 0 Å². The van der Waals surface area contributed by atoms with E-state index in [1.807, 2.05) is 0 Å². The first-order chi connectivity index (χ1) is 5.04. The Kier molecular flexibility index (Phi) is 2.06. The van der Waals surface area contributed by atoms with E-state index in [4.69, 9.17) is 23.2 Å². The smallest absolute Gasteiger partial charge is 0.259 e. The average Bonchev–Trinajstić information content (AvgIpc) is 1.97. The van der Waals surface area contributed by atoms with Crippen LogP contribution in [0.3, 0.4) is 0 Å². The van der Waals surface area contributed by atoms with Crippen LogP contribution in [0.15, 0.2) is 15.2 Å². The molecule has 0 spiro atoms. The summed E-state index contributed by atoms with van der Waals surface area (Å²) in [7, 11) is 1.33. The molecular formula is C5H3Cl2N2O2+. The lowest BCUT2D eigenvalue weighted by Crippen LogP contribution is -2.22. The molecule has 0 bridgehead atoms. The van der Waals surface area contributed by atoms with E-state index >= 15 is 0 Å². The molecule has 0 atom stereocenters. The zero-order valence-corrected chi connectivity index (χ0v) is 6.98. The van der Waals surface area contributed by atoms with E-state index in [2.05, 4.69) is 5.11 Å². The minimum atomic E-state index is -0.696. The van der Waals surface area contributed by atoms with Crippen LogP contribution in [0, 0.1) is 0 Å². The van der Waals surface area contributed by atoms with Crippen molar-refractivity contribution in [3.63, 3.8) is 0 Å². The second kappa shape index (κ2) is 2.71. The first-order valence-electron chi connectivity index (χ1n) is 2.63. The second-order valence-electron chi connectivity index (χ2n) is 1.86. The number of hydrogen-bond acceptors (Lipinski definition) is 2. The van der Waals surface area contributed by atoms with Gasteiger partial charge in [0.2, 0.25) is 0 Å². The monoisotopic (exact) mass is 193 g/mol. The Labute approximate surface area is 72.1 Å². The van der Waals surface area contributed by atoms with Crippen LogP contribution >= 0.6 is 23.2 Å². The van der Waals surface area contributed by atoms with Crippen LogP contribution in [0.25, 0.3) is 0 Å². The third kappa shape index (κ3) is 1.32. The first-order valence-corrected chi connectivity index (χ1v) is 3.39. The molecule has 0 aromatic carbocycles. The minimum Gasteiger partial charge on any atom is -0.259 e. The Morgan fingerprint density at radius 1 is 1.27 bits per heavy atom. The number of likely N-dealkylation sites (N-methyl/N-ethyl adjacent to an activating group) is 1. The Balaban J connectivity index is 3.19. The summed E-state index contributed by atoms with van der Waals surface area (Å²) in [5.41, 5.74) is 0. The molecule has 0 saturated heterocycles. The predicted octanol–water partition coefficient (Wildman–Crippen LogP) is 0.837. The van der Waals surface area contributed by atoms with Gasteiger partial charge in [-0.15, -0.1) is 0 Å². The standard InChI is InChI=1S/C5H3Cl2N2O2/c1-9-5(11)3(7)2(6)4(10)8-9/h1H3/q+1. The molecule has 1 aliphatic rings. The molecule has 4 nitrogen and oxygen atoms in total. The van der Waals surface area contributed by atoms with Crippen LogP contribution in [0.2, 0.25) is 0 Å². The third-order valence-corrected chi connectivity index (χ3v) is 1.90. The molecule has 0 aliphatic carbocycles. The summed E-state index contributed by atoms with van der Waals surface area (Å²) < 4.78 is 0.844. The van der Waals surface area contributed by atoms with Gasteiger partial charge in [-0.1, -0.05) is 23.2 Å². The van der Waals surface area contributed by atoms with Crippen molar-refractivity contribution in [1.29, 1.82) is 0 Å². The number of amides is 2. The van der Waals surface area contributed by atoms with Crippen LogP contribution < -0.4 is 0 Å². The minimum absolute atomic E-state index is 0.283. The van der Waals surface area contributed by atoms with Gasteiger partial charge in [0.15, 0.2) is 12.1 Å². The van der Waals surface area contributed by atoms with E-state index in [9.17, 15) is 9.59 Å². The van der Waals surface area contributed by atoms with Crippen molar-refractivity contribution in [2.45, 2.75) is 0 Å². The van der Waals surface area contributed by atoms with Crippen molar-refractivity contribution < 1.29 is 14.3 Å². The van der Waals surface area contributed by atoms with Crippen molar-refractivity contribution in [2.75, 3.05) is 7.05 Å². The fraction of sp³-hybridized carbons (Fsp3) is 0.200. The van der Waals surface area contributed by atoms with Gasteiger partial charge in [0, 0.05) is 5.11 Å². The van der Waals surface area contributed by atoms with Crippen molar-refractivity contribution in [1.82, 2.24) is 0 Å². The lowest BCUT2D eigenvalue weighted by atomic mass is 10.4. The van der Waals surface area contributed by atoms with E-state index < -0.39 is 11.8 Å². The van der Waals surface area contributed by atoms with Gasteiger partial charge in [-0.3, -0.25) is 4.79 Å². The fourth-order valence-electron chi connectivity index (χ4n) is 0.555. The van der Waals surface area contributed by atoms with Crippen molar-refractivity contribution in [2.24, 2.45) is 5.11 Å². The number of halogens is 2. The van der Waals surface area contributed by atoms with Gasteiger partial charge in [-0.2, -0.15) is 0 Å². The van der Waals surface area contributed by atoms with Crippen LogP contribution in [-0.2, 0) is 9.59 Å². The molecule has 0 N–H and O–H groups in total. The van der Waals surface area contributed by atoms with E-state index in [0.717, 1.165) is 4.70 Å². The van der Waals surface area contributed by atoms with Crippen LogP contribution in [-0.4, -0.2) is 23.6 Å². The predicted molar refractivity (Wildman–Crippen MR) is 37.4 cm³/mol. The second-order valence-corrected chi connectivity index (χ2v) is 2.62. The maximum Gasteiger partial charge on any atom is 0.457 e. The molecule has 1 rings (SSSR count). The van der Waals surface area contributed by atoms with Crippen LogP contribution in [0.4, 0.5) is 0 Å². The largest absolute Gasteiger partial charge is 0.457 e. The summed E-state index contributed by atoms with van der Waals surface area (Å²) in [6.45, 7) is 0. The summed E-state index contributed by atoms with van der Waals surface area (Å²) in [4.78, 5) is 21.6. The lowest BCUT2D eigenvalue weighted by molar-refractivity contribution is -0.477. The topological polar surface area (TPSA) is 49.5 Å². The third-order valence-electron chi connectivity index (χ3n) is 1.10. The summed E-state index contributed by atoms with van der Waals surface area (Å²) >= 11 is 10.7. The molecule has 0 aromatic rings. The summed E-state index contributed by atoms with van der Waals surface area (Å²) in [5.74, 6) is -1.27. The normalized spacial score (nSPS) is 19.0.